The van der Waals surface area contributed by atoms with Crippen LogP contribution in [0.25, 0.3) is 11.2 Å². The summed E-state index contributed by atoms with van der Waals surface area (Å²) >= 11 is 0. The number of hydrogen-bond donors (Lipinski definition) is 4. The molecule has 2 aromatic heterocycles. The van der Waals surface area contributed by atoms with E-state index in [1.807, 2.05) is 0 Å². The van der Waals surface area contributed by atoms with Crippen molar-refractivity contribution in [3.8, 4) is 0 Å². The number of aryl methyl sites for hydroxylation is 1. The standard InChI is InChI=1S/C10H14N6O3/c11-10-14-8-7(9(19)15-10)13-5-16(8)3-1-6(18)12-2-4-17/h5,17H,1-4H2,(H,12,18)(H3,11,14,15,19). The van der Waals surface area contributed by atoms with Gasteiger partial charge in [0.15, 0.2) is 11.2 Å². The first-order valence-corrected chi connectivity index (χ1v) is 5.70. The zero-order valence-electron chi connectivity index (χ0n) is 10.1. The Hall–Kier alpha value is -2.42. The predicted molar refractivity (Wildman–Crippen MR) is 67.3 cm³/mol. The Labute approximate surface area is 107 Å². The molecule has 0 saturated carbocycles. The fourth-order valence-corrected chi connectivity index (χ4v) is 1.64. The Morgan fingerprint density at radius 2 is 2.37 bits per heavy atom. The molecule has 2 rings (SSSR count). The van der Waals surface area contributed by atoms with Gasteiger partial charge in [-0.05, 0) is 0 Å². The molecular weight excluding hydrogens is 252 g/mol. The van der Waals surface area contributed by atoms with E-state index in [1.54, 1.807) is 4.57 Å². The average Bonchev–Trinajstić information content (AvgIpc) is 2.77. The monoisotopic (exact) mass is 266 g/mol. The quantitative estimate of drug-likeness (QED) is 0.503. The minimum Gasteiger partial charge on any atom is -0.395 e. The number of nitrogens with one attached hydrogen (secondary N) is 2. The van der Waals surface area contributed by atoms with E-state index in [9.17, 15) is 9.59 Å². The molecule has 0 aromatic carbocycles. The van der Waals surface area contributed by atoms with Crippen LogP contribution in [-0.4, -0.2) is 43.7 Å². The van der Waals surface area contributed by atoms with E-state index < -0.39 is 5.56 Å². The van der Waals surface area contributed by atoms with Crippen molar-refractivity contribution in [1.29, 1.82) is 0 Å². The van der Waals surface area contributed by atoms with E-state index in [0.717, 1.165) is 0 Å². The van der Waals surface area contributed by atoms with E-state index in [2.05, 4.69) is 20.3 Å². The number of rotatable bonds is 5. The predicted octanol–water partition coefficient (Wildman–Crippen LogP) is -1.80. The van der Waals surface area contributed by atoms with Crippen molar-refractivity contribution in [2.24, 2.45) is 0 Å². The highest BCUT2D eigenvalue weighted by atomic mass is 16.3. The molecule has 0 aliphatic heterocycles. The molecule has 2 heterocycles. The summed E-state index contributed by atoms with van der Waals surface area (Å²) in [5.41, 5.74) is 5.58. The van der Waals surface area contributed by atoms with Crippen molar-refractivity contribution in [3.05, 3.63) is 16.7 Å². The molecule has 0 aliphatic rings. The van der Waals surface area contributed by atoms with E-state index in [-0.39, 0.29) is 36.9 Å². The molecule has 0 spiro atoms. The van der Waals surface area contributed by atoms with Gasteiger partial charge >= 0.3 is 0 Å². The molecule has 0 bridgehead atoms. The SMILES string of the molecule is Nc1nc2c(ncn2CCC(=O)NCCO)c(=O)[nH]1. The maximum Gasteiger partial charge on any atom is 0.280 e. The maximum absolute atomic E-state index is 11.5. The Balaban J connectivity index is 2.13. The number of aliphatic hydroxyl groups is 1. The molecule has 0 aliphatic carbocycles. The molecular formula is C10H14N6O3. The number of imidazole rings is 1. The number of amides is 1. The van der Waals surface area contributed by atoms with E-state index in [4.69, 9.17) is 10.8 Å². The highest BCUT2D eigenvalue weighted by Crippen LogP contribution is 2.06. The van der Waals surface area contributed by atoms with Gasteiger partial charge in [0.05, 0.1) is 12.9 Å². The second-order valence-electron chi connectivity index (χ2n) is 3.88. The number of anilines is 1. The summed E-state index contributed by atoms with van der Waals surface area (Å²) in [4.78, 5) is 33.2. The number of aliphatic hydroxyl groups excluding tert-OH is 1. The van der Waals surface area contributed by atoms with Crippen molar-refractivity contribution < 1.29 is 9.90 Å². The van der Waals surface area contributed by atoms with Crippen LogP contribution in [0.1, 0.15) is 6.42 Å². The number of hydrogen-bond acceptors (Lipinski definition) is 6. The largest absolute Gasteiger partial charge is 0.395 e. The first-order chi connectivity index (χ1) is 9.11. The number of carbonyl (C=O) groups excluding carboxylic acids is 1. The summed E-state index contributed by atoms with van der Waals surface area (Å²) < 4.78 is 1.58. The second kappa shape index (κ2) is 5.48. The van der Waals surface area contributed by atoms with Crippen LogP contribution in [0.15, 0.2) is 11.1 Å². The van der Waals surface area contributed by atoms with Crippen LogP contribution in [0.2, 0.25) is 0 Å². The van der Waals surface area contributed by atoms with Gasteiger partial charge in [0.1, 0.15) is 0 Å². The average molecular weight is 266 g/mol. The van der Waals surface area contributed by atoms with Crippen LogP contribution < -0.4 is 16.6 Å². The number of aromatic nitrogens is 4. The van der Waals surface area contributed by atoms with Gasteiger partial charge in [0, 0.05) is 19.5 Å². The lowest BCUT2D eigenvalue weighted by molar-refractivity contribution is -0.121. The van der Waals surface area contributed by atoms with Gasteiger partial charge in [-0.1, -0.05) is 0 Å². The van der Waals surface area contributed by atoms with E-state index in [0.29, 0.717) is 12.2 Å². The molecule has 5 N–H and O–H groups in total. The minimum atomic E-state index is -0.411. The molecule has 0 unspecified atom stereocenters. The summed E-state index contributed by atoms with van der Waals surface area (Å²) in [6.45, 7) is 0.436. The van der Waals surface area contributed by atoms with Crippen molar-refractivity contribution in [3.63, 3.8) is 0 Å². The number of nitrogens with two attached hydrogens (primary N) is 1. The minimum absolute atomic E-state index is 0.00369. The maximum atomic E-state index is 11.5. The van der Waals surface area contributed by atoms with Gasteiger partial charge in [-0.15, -0.1) is 0 Å². The Bertz CT molecular complexity index is 646. The molecule has 1 amide bonds. The molecule has 9 nitrogen and oxygen atoms in total. The van der Waals surface area contributed by atoms with Crippen LogP contribution in [0.4, 0.5) is 5.95 Å². The van der Waals surface area contributed by atoms with Gasteiger partial charge in [0.25, 0.3) is 5.56 Å². The van der Waals surface area contributed by atoms with E-state index in [1.165, 1.54) is 6.33 Å². The Kier molecular flexibility index (Phi) is 3.76. The molecule has 0 atom stereocenters. The first-order valence-electron chi connectivity index (χ1n) is 5.70. The molecule has 0 fully saturated rings. The van der Waals surface area contributed by atoms with Gasteiger partial charge in [-0.3, -0.25) is 14.6 Å². The zero-order valence-corrected chi connectivity index (χ0v) is 10.1. The third-order valence-electron chi connectivity index (χ3n) is 2.51. The van der Waals surface area contributed by atoms with Crippen LogP contribution in [-0.2, 0) is 11.3 Å². The van der Waals surface area contributed by atoms with E-state index >= 15 is 0 Å². The van der Waals surface area contributed by atoms with Crippen LogP contribution in [0.5, 0.6) is 0 Å². The smallest absolute Gasteiger partial charge is 0.280 e. The molecule has 19 heavy (non-hydrogen) atoms. The normalized spacial score (nSPS) is 10.8. The van der Waals surface area contributed by atoms with Crippen molar-refractivity contribution in [2.75, 3.05) is 18.9 Å². The topological polar surface area (TPSA) is 139 Å². The lowest BCUT2D eigenvalue weighted by Crippen LogP contribution is -2.27. The molecule has 0 radical (unpaired) electrons. The van der Waals surface area contributed by atoms with Gasteiger partial charge < -0.3 is 20.7 Å². The van der Waals surface area contributed by atoms with Crippen LogP contribution in [0, 0.1) is 0 Å². The summed E-state index contributed by atoms with van der Waals surface area (Å²) in [6, 6.07) is 0. The number of fused-ring (bicyclic) bond motifs is 1. The number of carbonyl (C=O) groups is 1. The van der Waals surface area contributed by atoms with Crippen molar-refractivity contribution in [2.45, 2.75) is 13.0 Å². The third-order valence-corrected chi connectivity index (χ3v) is 2.51. The van der Waals surface area contributed by atoms with Crippen molar-refractivity contribution in [1.82, 2.24) is 24.8 Å². The summed E-state index contributed by atoms with van der Waals surface area (Å²) in [5.74, 6) is -0.197. The second-order valence-corrected chi connectivity index (χ2v) is 3.88. The van der Waals surface area contributed by atoms with Gasteiger partial charge in [-0.25, -0.2) is 4.98 Å². The van der Waals surface area contributed by atoms with Crippen LogP contribution >= 0.6 is 0 Å². The molecule has 102 valence electrons. The summed E-state index contributed by atoms with van der Waals surface area (Å²) in [6.07, 6.45) is 1.63. The fraction of sp³-hybridized carbons (Fsp3) is 0.400. The van der Waals surface area contributed by atoms with Gasteiger partial charge in [-0.2, -0.15) is 4.98 Å². The number of nitrogens with zero attached hydrogens (tertiary/aromatic N) is 3. The molecule has 9 heteroatoms. The Morgan fingerprint density at radius 1 is 1.58 bits per heavy atom. The van der Waals surface area contributed by atoms with Crippen molar-refractivity contribution >= 4 is 23.0 Å². The zero-order chi connectivity index (χ0) is 13.8. The highest BCUT2D eigenvalue weighted by Gasteiger charge is 2.10. The summed E-state index contributed by atoms with van der Waals surface area (Å²) in [7, 11) is 0. The fourth-order valence-electron chi connectivity index (χ4n) is 1.64. The Morgan fingerprint density at radius 3 is 3.11 bits per heavy atom. The lowest BCUT2D eigenvalue weighted by atomic mass is 10.4. The number of aromatic amines is 1. The lowest BCUT2D eigenvalue weighted by Gasteiger charge is -2.04. The van der Waals surface area contributed by atoms with Crippen LogP contribution in [0.3, 0.4) is 0 Å². The number of H-pyrrole nitrogens is 1. The molecule has 0 saturated heterocycles. The van der Waals surface area contributed by atoms with Gasteiger partial charge in [0.2, 0.25) is 11.9 Å². The number of nitrogen functional groups attached to an aromatic ring is 1. The first kappa shape index (κ1) is 13.0. The highest BCUT2D eigenvalue weighted by molar-refractivity contribution is 5.76. The third kappa shape index (κ3) is 2.88. The molecule has 2 aromatic rings. The summed E-state index contributed by atoms with van der Waals surface area (Å²) in [5, 5.41) is 11.1.